The third kappa shape index (κ3) is 3.76. The summed E-state index contributed by atoms with van der Waals surface area (Å²) in [5.41, 5.74) is 2.92. The van der Waals surface area contributed by atoms with Gasteiger partial charge < -0.3 is 4.74 Å². The zero-order valence-electron chi connectivity index (χ0n) is 10.1. The molecule has 2 rings (SSSR count). The van der Waals surface area contributed by atoms with Gasteiger partial charge in [-0.2, -0.15) is 0 Å². The number of methoxy groups -OCH3 is 1. The van der Waals surface area contributed by atoms with E-state index in [1.807, 2.05) is 18.2 Å². The molecule has 0 N–H and O–H groups in total. The van der Waals surface area contributed by atoms with Gasteiger partial charge in [-0.15, -0.1) is 0 Å². The topological polar surface area (TPSA) is 12.5 Å². The predicted molar refractivity (Wildman–Crippen MR) is 71.4 cm³/mol. The monoisotopic (exact) mass is 251 g/mol. The van der Waals surface area contributed by atoms with Crippen molar-refractivity contribution in [2.24, 2.45) is 0 Å². The fraction of sp³-hybridized carbons (Fsp3) is 0.429. The molecule has 0 saturated heterocycles. The van der Waals surface area contributed by atoms with Gasteiger partial charge in [-0.3, -0.25) is 4.90 Å². The molecule has 0 aromatic heterocycles. The summed E-state index contributed by atoms with van der Waals surface area (Å²) in [6, 6.07) is 9.01. The van der Waals surface area contributed by atoms with Crippen LogP contribution in [0.4, 0.5) is 0 Å². The highest BCUT2D eigenvalue weighted by molar-refractivity contribution is 6.25. The molecule has 0 spiro atoms. The highest BCUT2D eigenvalue weighted by Gasteiger charge is 2.27. The molecular weight excluding hydrogens is 234 g/mol. The van der Waals surface area contributed by atoms with Crippen LogP contribution in [0.2, 0.25) is 0 Å². The summed E-state index contributed by atoms with van der Waals surface area (Å²) in [5, 5.41) is 0. The molecule has 1 aliphatic rings. The molecule has 17 heavy (non-hydrogen) atoms. The van der Waals surface area contributed by atoms with Gasteiger partial charge in [0.1, 0.15) is 5.75 Å². The highest BCUT2D eigenvalue weighted by Crippen LogP contribution is 2.28. The molecule has 0 amide bonds. The van der Waals surface area contributed by atoms with Gasteiger partial charge in [0.05, 0.1) is 7.11 Å². The first-order valence-corrected chi connectivity index (χ1v) is 6.39. The van der Waals surface area contributed by atoms with Crippen molar-refractivity contribution >= 4 is 11.6 Å². The second kappa shape index (κ2) is 6.08. The molecule has 2 nitrogen and oxygen atoms in total. The van der Waals surface area contributed by atoms with Crippen molar-refractivity contribution in [2.45, 2.75) is 25.4 Å². The van der Waals surface area contributed by atoms with E-state index in [9.17, 15) is 0 Å². The maximum atomic E-state index is 5.59. The Labute approximate surface area is 108 Å². The van der Waals surface area contributed by atoms with E-state index in [2.05, 4.69) is 17.0 Å². The number of hydrogen-bond acceptors (Lipinski definition) is 2. The van der Waals surface area contributed by atoms with E-state index in [4.69, 9.17) is 16.3 Å². The maximum absolute atomic E-state index is 5.59. The smallest absolute Gasteiger partial charge is 0.118 e. The largest absolute Gasteiger partial charge is 0.497 e. The summed E-state index contributed by atoms with van der Waals surface area (Å²) in [6.45, 7) is 1.91. The highest BCUT2D eigenvalue weighted by atomic mass is 35.5. The van der Waals surface area contributed by atoms with Gasteiger partial charge >= 0.3 is 0 Å². The lowest BCUT2D eigenvalue weighted by Crippen LogP contribution is -2.25. The Hall–Kier alpha value is -0.990. The fourth-order valence-electron chi connectivity index (χ4n) is 1.92. The molecular formula is C14H18ClNO. The second-order valence-corrected chi connectivity index (χ2v) is 4.62. The Kier molecular flexibility index (Phi) is 4.46. The van der Waals surface area contributed by atoms with Crippen LogP contribution in [0.1, 0.15) is 18.4 Å². The maximum Gasteiger partial charge on any atom is 0.118 e. The molecule has 1 aromatic rings. The summed E-state index contributed by atoms with van der Waals surface area (Å²) in [6.07, 6.45) is 4.63. The summed E-state index contributed by atoms with van der Waals surface area (Å²) in [7, 11) is 1.69. The zero-order chi connectivity index (χ0) is 12.1. The van der Waals surface area contributed by atoms with E-state index in [0.29, 0.717) is 0 Å². The molecule has 0 unspecified atom stereocenters. The Morgan fingerprint density at radius 1 is 1.35 bits per heavy atom. The van der Waals surface area contributed by atoms with Gasteiger partial charge in [-0.1, -0.05) is 29.8 Å². The first-order chi connectivity index (χ1) is 8.33. The van der Waals surface area contributed by atoms with Crippen LogP contribution in [0.5, 0.6) is 5.75 Å². The van der Waals surface area contributed by atoms with Crippen LogP contribution in [0.25, 0.3) is 0 Å². The normalized spacial score (nSPS) is 15.7. The molecule has 0 atom stereocenters. The van der Waals surface area contributed by atoms with Gasteiger partial charge in [-0.05, 0) is 30.5 Å². The van der Waals surface area contributed by atoms with Gasteiger partial charge in [0.2, 0.25) is 0 Å². The molecule has 0 radical (unpaired) electrons. The van der Waals surface area contributed by atoms with E-state index in [1.165, 1.54) is 18.4 Å². The number of halogens is 1. The van der Waals surface area contributed by atoms with Crippen molar-refractivity contribution in [2.75, 3.05) is 13.7 Å². The molecule has 1 aliphatic carbocycles. The molecule has 1 saturated carbocycles. The molecule has 1 fully saturated rings. The van der Waals surface area contributed by atoms with Crippen LogP contribution < -0.4 is 4.74 Å². The average Bonchev–Trinajstić information content (AvgIpc) is 3.19. The van der Waals surface area contributed by atoms with Crippen LogP contribution >= 0.6 is 11.6 Å². The van der Waals surface area contributed by atoms with Crippen molar-refractivity contribution in [3.05, 3.63) is 41.4 Å². The van der Waals surface area contributed by atoms with Crippen LogP contribution in [0, 0.1) is 0 Å². The molecule has 3 heteroatoms. The standard InChI is InChI=1S/C14H18ClNO/c1-17-14-7-3-12(4-8-14)11-16(10-2-9-15)13-5-6-13/h2-4,7-9,13H,5-6,10-11H2,1H3. The minimum atomic E-state index is 0.741. The molecule has 1 aromatic carbocycles. The van der Waals surface area contributed by atoms with Crippen molar-refractivity contribution in [1.82, 2.24) is 4.90 Å². The number of benzene rings is 1. The fourth-order valence-corrected chi connectivity index (χ4v) is 2.00. The first-order valence-electron chi connectivity index (χ1n) is 5.95. The Bertz CT molecular complexity index is 370. The number of ether oxygens (including phenoxy) is 1. The lowest BCUT2D eigenvalue weighted by molar-refractivity contribution is 0.283. The summed E-state index contributed by atoms with van der Waals surface area (Å²) >= 11 is 5.59. The average molecular weight is 252 g/mol. The van der Waals surface area contributed by atoms with Gasteiger partial charge in [0.15, 0.2) is 0 Å². The lowest BCUT2D eigenvalue weighted by Gasteiger charge is -2.20. The Morgan fingerprint density at radius 3 is 2.59 bits per heavy atom. The zero-order valence-corrected chi connectivity index (χ0v) is 10.9. The van der Waals surface area contributed by atoms with Gasteiger partial charge in [0, 0.05) is 24.7 Å². The molecule has 92 valence electrons. The van der Waals surface area contributed by atoms with E-state index in [-0.39, 0.29) is 0 Å². The summed E-state index contributed by atoms with van der Waals surface area (Å²) < 4.78 is 5.16. The lowest BCUT2D eigenvalue weighted by atomic mass is 10.2. The van der Waals surface area contributed by atoms with E-state index in [0.717, 1.165) is 24.9 Å². The van der Waals surface area contributed by atoms with Gasteiger partial charge in [0.25, 0.3) is 0 Å². The van der Waals surface area contributed by atoms with Crippen molar-refractivity contribution < 1.29 is 4.74 Å². The summed E-state index contributed by atoms with van der Waals surface area (Å²) in [5.74, 6) is 0.910. The van der Waals surface area contributed by atoms with Crippen LogP contribution in [-0.4, -0.2) is 24.6 Å². The summed E-state index contributed by atoms with van der Waals surface area (Å²) in [4.78, 5) is 2.46. The quantitative estimate of drug-likeness (QED) is 0.768. The predicted octanol–water partition coefficient (Wildman–Crippen LogP) is 3.41. The van der Waals surface area contributed by atoms with Crippen molar-refractivity contribution in [1.29, 1.82) is 0 Å². The van der Waals surface area contributed by atoms with Crippen LogP contribution in [-0.2, 0) is 6.54 Å². The minimum absolute atomic E-state index is 0.741. The van der Waals surface area contributed by atoms with E-state index >= 15 is 0 Å². The van der Waals surface area contributed by atoms with Crippen LogP contribution in [0.15, 0.2) is 35.9 Å². The van der Waals surface area contributed by atoms with Gasteiger partial charge in [-0.25, -0.2) is 0 Å². The van der Waals surface area contributed by atoms with E-state index < -0.39 is 0 Å². The SMILES string of the molecule is COc1ccc(CN(CC=CCl)C2CC2)cc1. The third-order valence-electron chi connectivity index (χ3n) is 3.04. The van der Waals surface area contributed by atoms with Crippen molar-refractivity contribution in [3.8, 4) is 5.75 Å². The van der Waals surface area contributed by atoms with E-state index in [1.54, 1.807) is 12.6 Å². The second-order valence-electron chi connectivity index (χ2n) is 4.37. The van der Waals surface area contributed by atoms with Crippen molar-refractivity contribution in [3.63, 3.8) is 0 Å². The minimum Gasteiger partial charge on any atom is -0.497 e. The third-order valence-corrected chi connectivity index (χ3v) is 3.22. The number of rotatable bonds is 6. The Morgan fingerprint density at radius 2 is 2.06 bits per heavy atom. The Balaban J connectivity index is 1.95. The molecule has 0 bridgehead atoms. The first kappa shape index (κ1) is 12.5. The molecule has 0 heterocycles. The van der Waals surface area contributed by atoms with Crippen LogP contribution in [0.3, 0.4) is 0 Å². The number of hydrogen-bond donors (Lipinski definition) is 0. The molecule has 0 aliphatic heterocycles. The number of nitrogens with zero attached hydrogens (tertiary/aromatic N) is 1.